The number of amides is 4. The smallest absolute Gasteiger partial charge is 0.407 e. The number of rotatable bonds is 11. The lowest BCUT2D eigenvalue weighted by Crippen LogP contribution is -2.51. The molecule has 2 aliphatic rings. The highest BCUT2D eigenvalue weighted by Crippen LogP contribution is 2.35. The number of carboxylic acid groups (broad SMARTS) is 1. The molecule has 2 aromatic carbocycles. The van der Waals surface area contributed by atoms with Gasteiger partial charge >= 0.3 is 12.2 Å². The van der Waals surface area contributed by atoms with Crippen LogP contribution < -0.4 is 5.32 Å². The maximum atomic E-state index is 13.6. The number of likely N-dealkylation sites (tertiary alicyclic amines) is 2. The molecule has 58 heavy (non-hydrogen) atoms. The fraction of sp³-hybridized carbons (Fsp3) is 0.429. The maximum absolute atomic E-state index is 13.6. The second-order valence-corrected chi connectivity index (χ2v) is 15.8. The lowest BCUT2D eigenvalue weighted by Gasteiger charge is -2.33. The summed E-state index contributed by atoms with van der Waals surface area (Å²) in [5.41, 5.74) is 4.13. The van der Waals surface area contributed by atoms with Gasteiger partial charge in [0.2, 0.25) is 11.8 Å². The van der Waals surface area contributed by atoms with E-state index in [1.165, 1.54) is 14.2 Å². The summed E-state index contributed by atoms with van der Waals surface area (Å²) < 4.78 is 4.75. The molecule has 16 heteroatoms. The molecule has 304 valence electrons. The minimum absolute atomic E-state index is 0.123. The van der Waals surface area contributed by atoms with Gasteiger partial charge in [-0.05, 0) is 60.4 Å². The number of nitrogens with one attached hydrogen (secondary N) is 3. The summed E-state index contributed by atoms with van der Waals surface area (Å²) in [7, 11) is 2.72. The maximum Gasteiger partial charge on any atom is 0.407 e. The minimum atomic E-state index is -1.13. The zero-order chi connectivity index (χ0) is 41.2. The van der Waals surface area contributed by atoms with E-state index in [0.29, 0.717) is 30.6 Å². The number of imidazole rings is 2. The van der Waals surface area contributed by atoms with Crippen molar-refractivity contribution in [1.82, 2.24) is 49.9 Å². The number of ether oxygens (including phenoxy) is 1. The van der Waals surface area contributed by atoms with E-state index in [0.717, 1.165) is 69.4 Å². The number of nitrogens with zero attached hydrogens (tertiary/aromatic N) is 7. The number of aromatic nitrogens is 6. The first-order valence-electron chi connectivity index (χ1n) is 19.7. The first-order valence-corrected chi connectivity index (χ1v) is 19.7. The summed E-state index contributed by atoms with van der Waals surface area (Å²) in [4.78, 5) is 81.0. The number of carbonyl (C=O) groups excluding carboxylic acids is 3. The second kappa shape index (κ2) is 16.6. The van der Waals surface area contributed by atoms with E-state index >= 15 is 0 Å². The summed E-state index contributed by atoms with van der Waals surface area (Å²) in [6, 6.07) is 10.2. The number of H-pyrrole nitrogens is 2. The topological polar surface area (TPSA) is 203 Å². The van der Waals surface area contributed by atoms with Crippen LogP contribution >= 0.6 is 0 Å². The van der Waals surface area contributed by atoms with Gasteiger partial charge < -0.3 is 34.9 Å². The highest BCUT2D eigenvalue weighted by atomic mass is 16.5. The molecular weight excluding hydrogens is 741 g/mol. The van der Waals surface area contributed by atoms with Crippen molar-refractivity contribution in [3.63, 3.8) is 0 Å². The van der Waals surface area contributed by atoms with Crippen LogP contribution in [0.15, 0.2) is 61.2 Å². The lowest BCUT2D eigenvalue weighted by atomic mass is 10.0. The van der Waals surface area contributed by atoms with Gasteiger partial charge in [0.25, 0.3) is 0 Å². The molecular formula is C42H50N10O6. The molecule has 0 spiro atoms. The highest BCUT2D eigenvalue weighted by molar-refractivity contribution is 5.90. The number of hydrogen-bond acceptors (Lipinski definition) is 9. The molecule has 0 saturated carbocycles. The van der Waals surface area contributed by atoms with Crippen molar-refractivity contribution in [1.29, 1.82) is 0 Å². The quantitative estimate of drug-likeness (QED) is 0.116. The molecule has 4 N–H and O–H groups in total. The van der Waals surface area contributed by atoms with Crippen LogP contribution in [0.2, 0.25) is 0 Å². The number of likely N-dealkylation sites (N-methyl/N-ethyl adjacent to an activating group) is 1. The first kappa shape index (κ1) is 39.9. The predicted octanol–water partition coefficient (Wildman–Crippen LogP) is 6.42. The van der Waals surface area contributed by atoms with Crippen LogP contribution in [-0.4, -0.2) is 113 Å². The van der Waals surface area contributed by atoms with Gasteiger partial charge in [-0.1, -0.05) is 52.0 Å². The second-order valence-electron chi connectivity index (χ2n) is 15.8. The third-order valence-corrected chi connectivity index (χ3v) is 11.3. The van der Waals surface area contributed by atoms with Crippen LogP contribution in [0.5, 0.6) is 0 Å². The van der Waals surface area contributed by atoms with Gasteiger partial charge in [-0.25, -0.2) is 29.5 Å². The van der Waals surface area contributed by atoms with Crippen molar-refractivity contribution in [2.45, 2.75) is 77.5 Å². The Kier molecular flexibility index (Phi) is 11.5. The molecule has 5 aromatic rings. The summed E-state index contributed by atoms with van der Waals surface area (Å²) in [5, 5.41) is 14.3. The van der Waals surface area contributed by atoms with Gasteiger partial charge in [-0.15, -0.1) is 0 Å². The predicted molar refractivity (Wildman–Crippen MR) is 216 cm³/mol. The Bertz CT molecular complexity index is 2300. The van der Waals surface area contributed by atoms with Crippen molar-refractivity contribution in [2.75, 3.05) is 27.2 Å². The molecule has 5 heterocycles. The zero-order valence-electron chi connectivity index (χ0n) is 33.6. The molecule has 0 aliphatic carbocycles. The fourth-order valence-electron chi connectivity index (χ4n) is 8.17. The minimum Gasteiger partial charge on any atom is -0.465 e. The largest absolute Gasteiger partial charge is 0.465 e. The van der Waals surface area contributed by atoms with E-state index in [1.54, 1.807) is 34.6 Å². The van der Waals surface area contributed by atoms with Crippen molar-refractivity contribution in [2.24, 2.45) is 11.8 Å². The molecule has 4 amide bonds. The van der Waals surface area contributed by atoms with E-state index in [2.05, 4.69) is 41.3 Å². The number of hydrogen-bond donors (Lipinski definition) is 4. The molecule has 0 unspecified atom stereocenters. The summed E-state index contributed by atoms with van der Waals surface area (Å²) >= 11 is 0. The summed E-state index contributed by atoms with van der Waals surface area (Å²) in [6.07, 6.45) is 8.37. The van der Waals surface area contributed by atoms with Crippen LogP contribution in [0.4, 0.5) is 9.59 Å². The lowest BCUT2D eigenvalue weighted by molar-refractivity contribution is -0.138. The van der Waals surface area contributed by atoms with Gasteiger partial charge in [0.05, 0.1) is 43.0 Å². The molecule has 4 atom stereocenters. The van der Waals surface area contributed by atoms with Crippen LogP contribution in [0.1, 0.15) is 77.1 Å². The molecule has 3 aromatic heterocycles. The molecule has 7 rings (SSSR count). The van der Waals surface area contributed by atoms with Gasteiger partial charge in [-0.3, -0.25) is 14.5 Å². The normalized spacial score (nSPS) is 17.9. The number of alkyl carbamates (subject to hydrolysis) is 1. The SMILES string of the molecule is COC(=O)N[C@H](C(=O)N1CCC[C@H]1c1ncc(-c2cnc(-c3ccc4cc(-c5cnc([C@@H]6CCCN6C(=O)[C@H](C(C)C)N(C)C(=O)O)[nH]5)ccc4c3)nc2)[nH]1)C(C)C. The summed E-state index contributed by atoms with van der Waals surface area (Å²) in [6.45, 7) is 8.61. The molecule has 2 fully saturated rings. The van der Waals surface area contributed by atoms with Gasteiger partial charge in [-0.2, -0.15) is 0 Å². The Hall–Kier alpha value is -6.32. The van der Waals surface area contributed by atoms with Crippen molar-refractivity contribution in [3.8, 4) is 33.9 Å². The van der Waals surface area contributed by atoms with Crippen LogP contribution in [-0.2, 0) is 14.3 Å². The first-order chi connectivity index (χ1) is 27.8. The third-order valence-electron chi connectivity index (χ3n) is 11.3. The Morgan fingerprint density at radius 3 is 1.83 bits per heavy atom. The van der Waals surface area contributed by atoms with E-state index in [-0.39, 0.29) is 35.7 Å². The van der Waals surface area contributed by atoms with Gasteiger partial charge in [0.15, 0.2) is 5.82 Å². The standard InChI is InChI=1S/C42H50N10O6/c1-23(2)34(49-41(55)58-6)39(53)51-15-7-9-32(51)37-46-22-31(48-37)29-19-43-36(44-20-29)28-14-12-25-17-27(13-11-26(25)18-28)30-21-45-38(47-30)33-10-8-16-52(33)40(54)35(24(3)4)50(5)42(56)57/h11-14,17-24,32-35H,7-10,15-16H2,1-6H3,(H,45,47)(H,46,48)(H,49,55)(H,56,57)/t32-,33-,34-,35-/m0/s1. The Morgan fingerprint density at radius 2 is 1.29 bits per heavy atom. The van der Waals surface area contributed by atoms with E-state index < -0.39 is 24.3 Å². The van der Waals surface area contributed by atoms with Crippen molar-refractivity contribution >= 4 is 34.8 Å². The van der Waals surface area contributed by atoms with Crippen molar-refractivity contribution < 1.29 is 29.0 Å². The number of aromatic amines is 2. The number of carbonyl (C=O) groups is 4. The molecule has 2 aliphatic heterocycles. The summed E-state index contributed by atoms with van der Waals surface area (Å²) in [5.74, 6) is 1.25. The van der Waals surface area contributed by atoms with E-state index in [9.17, 15) is 24.3 Å². The zero-order valence-corrected chi connectivity index (χ0v) is 33.6. The third kappa shape index (κ3) is 7.95. The molecule has 0 bridgehead atoms. The van der Waals surface area contributed by atoms with E-state index in [1.807, 2.05) is 58.0 Å². The molecule has 16 nitrogen and oxygen atoms in total. The number of fused-ring (bicyclic) bond motifs is 1. The Morgan fingerprint density at radius 1 is 0.759 bits per heavy atom. The molecule has 0 radical (unpaired) electrons. The van der Waals surface area contributed by atoms with Crippen LogP contribution in [0.3, 0.4) is 0 Å². The average Bonchev–Trinajstić information content (AvgIpc) is 4.06. The van der Waals surface area contributed by atoms with E-state index in [4.69, 9.17) is 4.74 Å². The number of methoxy groups -OCH3 is 1. The number of benzene rings is 2. The average molecular weight is 791 g/mol. The van der Waals surface area contributed by atoms with Gasteiger partial charge in [0, 0.05) is 49.2 Å². The Balaban J connectivity index is 1.03. The fourth-order valence-corrected chi connectivity index (χ4v) is 8.17. The van der Waals surface area contributed by atoms with Crippen LogP contribution in [0, 0.1) is 11.8 Å². The Labute approximate surface area is 336 Å². The monoisotopic (exact) mass is 790 g/mol. The van der Waals surface area contributed by atoms with Crippen LogP contribution in [0.25, 0.3) is 44.7 Å². The molecule has 2 saturated heterocycles. The van der Waals surface area contributed by atoms with Gasteiger partial charge in [0.1, 0.15) is 23.7 Å². The van der Waals surface area contributed by atoms with Crippen molar-refractivity contribution in [3.05, 3.63) is 72.8 Å². The highest BCUT2D eigenvalue weighted by Gasteiger charge is 2.40.